The molecule has 2 unspecified atom stereocenters. The van der Waals surface area contributed by atoms with E-state index in [4.69, 9.17) is 9.84 Å². The highest BCUT2D eigenvalue weighted by Crippen LogP contribution is 2.31. The molecule has 35 heavy (non-hydrogen) atoms. The number of carbonyl (C=O) groups excluding carboxylic acids is 1. The molecule has 0 aromatic heterocycles. The number of aliphatic hydroxyl groups is 1. The summed E-state index contributed by atoms with van der Waals surface area (Å²) in [4.78, 5) is 14.2. The minimum Gasteiger partial charge on any atom is -0.446 e. The molecule has 1 amide bonds. The Hall–Kier alpha value is -3.32. The first-order chi connectivity index (χ1) is 16.9. The smallest absolute Gasteiger partial charge is 0.410 e. The van der Waals surface area contributed by atoms with Crippen molar-refractivity contribution in [3.8, 4) is 11.1 Å². The molecule has 0 spiro atoms. The molecular weight excluding hydrogens is 455 g/mol. The summed E-state index contributed by atoms with van der Waals surface area (Å²) in [6.45, 7) is 2.70. The number of nitrogens with zero attached hydrogens (tertiary/aromatic N) is 1. The molecule has 0 saturated carbocycles. The van der Waals surface area contributed by atoms with Crippen molar-refractivity contribution < 1.29 is 27.8 Å². The first-order valence-corrected chi connectivity index (χ1v) is 11.8. The number of hydrogen-bond acceptors (Lipinski definition) is 3. The molecule has 186 valence electrons. The van der Waals surface area contributed by atoms with E-state index >= 15 is 0 Å². The number of cyclic esters (lactones) is 1. The van der Waals surface area contributed by atoms with Crippen LogP contribution in [0.3, 0.4) is 0 Å². The predicted octanol–water partition coefficient (Wildman–Crippen LogP) is 6.89. The maximum absolute atomic E-state index is 14.0. The zero-order valence-electron chi connectivity index (χ0n) is 19.7. The second-order valence-electron chi connectivity index (χ2n) is 8.32. The highest BCUT2D eigenvalue weighted by atomic mass is 19.1. The van der Waals surface area contributed by atoms with Gasteiger partial charge in [0.2, 0.25) is 0 Å². The third-order valence-electron chi connectivity index (χ3n) is 5.91. The van der Waals surface area contributed by atoms with E-state index in [1.165, 1.54) is 24.3 Å². The maximum atomic E-state index is 14.0. The van der Waals surface area contributed by atoms with E-state index in [0.717, 1.165) is 24.5 Å². The lowest BCUT2D eigenvalue weighted by Gasteiger charge is -2.37. The minimum atomic E-state index is -0.607. The van der Waals surface area contributed by atoms with Crippen molar-refractivity contribution in [1.29, 1.82) is 0 Å². The first-order valence-electron chi connectivity index (χ1n) is 11.8. The second-order valence-corrected chi connectivity index (χ2v) is 8.32. The maximum Gasteiger partial charge on any atom is 0.410 e. The second kappa shape index (κ2) is 13.0. The van der Waals surface area contributed by atoms with E-state index < -0.39 is 11.6 Å². The van der Waals surface area contributed by atoms with Crippen LogP contribution in [-0.2, 0) is 4.74 Å². The molecule has 3 aromatic carbocycles. The zero-order valence-corrected chi connectivity index (χ0v) is 19.7. The van der Waals surface area contributed by atoms with Gasteiger partial charge in [0.15, 0.2) is 0 Å². The Morgan fingerprint density at radius 3 is 2.26 bits per heavy atom. The summed E-state index contributed by atoms with van der Waals surface area (Å²) in [5.41, 5.74) is 1.94. The summed E-state index contributed by atoms with van der Waals surface area (Å²) in [6, 6.07) is 18.7. The molecule has 1 saturated heterocycles. The third-order valence-corrected chi connectivity index (χ3v) is 5.91. The van der Waals surface area contributed by atoms with Crippen molar-refractivity contribution in [2.75, 3.05) is 13.2 Å². The number of amides is 1. The van der Waals surface area contributed by atoms with Gasteiger partial charge in [0.1, 0.15) is 23.6 Å². The van der Waals surface area contributed by atoms with Crippen LogP contribution in [0.5, 0.6) is 0 Å². The van der Waals surface area contributed by atoms with Gasteiger partial charge in [-0.15, -0.1) is 0 Å². The van der Waals surface area contributed by atoms with Gasteiger partial charge in [0.05, 0.1) is 6.04 Å². The van der Waals surface area contributed by atoms with Gasteiger partial charge in [-0.2, -0.15) is 0 Å². The number of aliphatic hydroxyl groups excluding tert-OH is 1. The Kier molecular flexibility index (Phi) is 9.73. The predicted molar refractivity (Wildman–Crippen MR) is 129 cm³/mol. The lowest BCUT2D eigenvalue weighted by molar-refractivity contribution is 0.00468. The van der Waals surface area contributed by atoms with Crippen molar-refractivity contribution in [2.45, 2.75) is 44.8 Å². The summed E-state index contributed by atoms with van der Waals surface area (Å²) in [7, 11) is 0. The molecule has 1 fully saturated rings. The van der Waals surface area contributed by atoms with Crippen LogP contribution in [0.25, 0.3) is 11.1 Å². The molecule has 3 aromatic rings. The molecule has 1 aliphatic rings. The average molecular weight is 486 g/mol. The minimum absolute atomic E-state index is 0.0936. The molecule has 0 aliphatic carbocycles. The van der Waals surface area contributed by atoms with Crippen molar-refractivity contribution >= 4 is 6.09 Å². The summed E-state index contributed by atoms with van der Waals surface area (Å²) in [5, 5.41) is 8.93. The van der Waals surface area contributed by atoms with Crippen molar-refractivity contribution in [2.24, 2.45) is 0 Å². The normalized spacial score (nSPS) is 16.2. The number of benzene rings is 3. The van der Waals surface area contributed by atoms with Crippen LogP contribution in [0.1, 0.15) is 44.2 Å². The number of carbonyl (C=O) groups is 1. The van der Waals surface area contributed by atoms with Crippen molar-refractivity contribution in [3.05, 3.63) is 95.8 Å². The summed E-state index contributed by atoms with van der Waals surface area (Å²) < 4.78 is 44.5. The van der Waals surface area contributed by atoms with E-state index in [9.17, 15) is 18.0 Å². The van der Waals surface area contributed by atoms with Crippen molar-refractivity contribution in [3.63, 3.8) is 0 Å². The number of rotatable bonds is 7. The fourth-order valence-corrected chi connectivity index (χ4v) is 4.11. The summed E-state index contributed by atoms with van der Waals surface area (Å²) in [5.74, 6) is -1.39. The highest BCUT2D eigenvalue weighted by molar-refractivity contribution is 5.70. The summed E-state index contributed by atoms with van der Waals surface area (Å²) >= 11 is 0. The largest absolute Gasteiger partial charge is 0.446 e. The van der Waals surface area contributed by atoms with E-state index in [2.05, 4.69) is 0 Å². The van der Waals surface area contributed by atoms with Gasteiger partial charge in [-0.1, -0.05) is 49.4 Å². The first kappa shape index (κ1) is 26.3. The Bertz CT molecular complexity index is 1080. The number of ether oxygens (including phenoxy) is 1. The topological polar surface area (TPSA) is 49.8 Å². The Morgan fingerprint density at radius 1 is 1.00 bits per heavy atom. The molecule has 1 aliphatic heterocycles. The molecule has 0 radical (unpaired) electrons. The third kappa shape index (κ3) is 7.33. The van der Waals surface area contributed by atoms with Crippen LogP contribution in [0.15, 0.2) is 72.8 Å². The average Bonchev–Trinajstić information content (AvgIpc) is 2.86. The van der Waals surface area contributed by atoms with Gasteiger partial charge in [-0.25, -0.2) is 18.0 Å². The highest BCUT2D eigenvalue weighted by Gasteiger charge is 2.32. The van der Waals surface area contributed by atoms with Gasteiger partial charge < -0.3 is 14.7 Å². The van der Waals surface area contributed by atoms with Crippen LogP contribution in [0.4, 0.5) is 18.0 Å². The number of hydrogen-bond donors (Lipinski definition) is 1. The SMILES string of the molecule is CCC(c1ccc(-c2ccc(F)cc2F)cc1)N1CCC(CCCO)OC1=O.Fc1ccccc1. The van der Waals surface area contributed by atoms with Gasteiger partial charge in [0.25, 0.3) is 0 Å². The fourth-order valence-electron chi connectivity index (χ4n) is 4.11. The lowest BCUT2D eigenvalue weighted by Crippen LogP contribution is -2.43. The molecule has 0 bridgehead atoms. The zero-order chi connectivity index (χ0) is 25.2. The summed E-state index contributed by atoms with van der Waals surface area (Å²) in [6.07, 6.45) is 2.27. The van der Waals surface area contributed by atoms with Gasteiger partial charge >= 0.3 is 6.09 Å². The number of halogens is 3. The van der Waals surface area contributed by atoms with Crippen LogP contribution in [0.2, 0.25) is 0 Å². The van der Waals surface area contributed by atoms with Crippen molar-refractivity contribution in [1.82, 2.24) is 4.90 Å². The van der Waals surface area contributed by atoms with E-state index in [0.29, 0.717) is 30.5 Å². The van der Waals surface area contributed by atoms with E-state index in [1.807, 2.05) is 19.1 Å². The fraction of sp³-hybridized carbons (Fsp3) is 0.321. The van der Waals surface area contributed by atoms with E-state index in [1.54, 1.807) is 35.2 Å². The molecule has 1 heterocycles. The van der Waals surface area contributed by atoms with Crippen LogP contribution < -0.4 is 0 Å². The Balaban J connectivity index is 0.000000420. The standard InChI is InChI=1S/C22H25F2NO3.C6H5F/c1-2-21(25-12-11-18(4-3-13-26)28-22(25)27)16-7-5-15(6-8-16)19-10-9-17(23)14-20(19)24;7-6-4-2-1-3-5-6/h5-10,14,18,21,26H,2-4,11-13H2,1H3;1-5H. The van der Waals surface area contributed by atoms with Crippen LogP contribution >= 0.6 is 0 Å². The van der Waals surface area contributed by atoms with Crippen LogP contribution in [0, 0.1) is 17.5 Å². The molecular formula is C28H30F3NO3. The molecule has 4 rings (SSSR count). The Labute approximate surface area is 204 Å². The molecule has 7 heteroatoms. The Morgan fingerprint density at radius 2 is 1.71 bits per heavy atom. The monoisotopic (exact) mass is 485 g/mol. The molecule has 1 N–H and O–H groups in total. The van der Waals surface area contributed by atoms with E-state index in [-0.39, 0.29) is 30.7 Å². The molecule has 4 nitrogen and oxygen atoms in total. The quantitative estimate of drug-likeness (QED) is 0.396. The van der Waals surface area contributed by atoms with Gasteiger partial charge in [-0.3, -0.25) is 0 Å². The van der Waals surface area contributed by atoms with Gasteiger partial charge in [-0.05, 0) is 54.7 Å². The van der Waals surface area contributed by atoms with Crippen LogP contribution in [-0.4, -0.2) is 35.4 Å². The van der Waals surface area contributed by atoms with Gasteiger partial charge in [0, 0.05) is 31.2 Å². The molecule has 2 atom stereocenters. The lowest BCUT2D eigenvalue weighted by atomic mass is 9.97.